The Morgan fingerprint density at radius 2 is 2.40 bits per heavy atom. The van der Waals surface area contributed by atoms with Crippen LogP contribution in [-0.2, 0) is 0 Å². The van der Waals surface area contributed by atoms with E-state index < -0.39 is 5.97 Å². The van der Waals surface area contributed by atoms with E-state index in [2.05, 4.69) is 10.1 Å². The highest BCUT2D eigenvalue weighted by atomic mass is 32.1. The summed E-state index contributed by atoms with van der Waals surface area (Å²) in [5, 5.41) is 21.8. The van der Waals surface area contributed by atoms with Gasteiger partial charge in [0.25, 0.3) is 0 Å². The average Bonchev–Trinajstić information content (AvgIpc) is 2.85. The van der Waals surface area contributed by atoms with Crippen molar-refractivity contribution in [2.75, 3.05) is 0 Å². The Bertz CT molecular complexity index is 551. The number of aromatic nitrogens is 3. The van der Waals surface area contributed by atoms with Crippen LogP contribution >= 0.6 is 11.3 Å². The summed E-state index contributed by atoms with van der Waals surface area (Å²) in [5.74, 6) is -1.32. The van der Waals surface area contributed by atoms with Gasteiger partial charge in [-0.3, -0.25) is 0 Å². The van der Waals surface area contributed by atoms with Crippen LogP contribution in [0.1, 0.15) is 15.5 Å². The number of aromatic carboxylic acids is 1. The van der Waals surface area contributed by atoms with Gasteiger partial charge >= 0.3 is 5.97 Å². The molecule has 6 nitrogen and oxygen atoms in total. The van der Waals surface area contributed by atoms with Crippen LogP contribution in [0.15, 0.2) is 18.5 Å². The molecular weight excluding hydrogens is 216 g/mol. The molecule has 0 spiro atoms. The Morgan fingerprint density at radius 1 is 1.60 bits per heavy atom. The second-order valence-electron chi connectivity index (χ2n) is 2.55. The quantitative estimate of drug-likeness (QED) is 0.811. The zero-order valence-corrected chi connectivity index (χ0v) is 8.10. The monoisotopic (exact) mass is 220 g/mol. The molecule has 74 valence electrons. The van der Waals surface area contributed by atoms with Crippen molar-refractivity contribution in [3.8, 4) is 11.1 Å². The standard InChI is InChI=1S/C8H4N4O2S/c9-3-5-1-2-6(15-5)12-7(8(13)14)10-4-11-12/h1-2,4H,(H,13,14). The van der Waals surface area contributed by atoms with Gasteiger partial charge in [0.15, 0.2) is 0 Å². The zero-order chi connectivity index (χ0) is 10.8. The molecule has 0 aliphatic carbocycles. The van der Waals surface area contributed by atoms with E-state index in [1.807, 2.05) is 6.07 Å². The van der Waals surface area contributed by atoms with Crippen molar-refractivity contribution in [1.29, 1.82) is 5.26 Å². The highest BCUT2D eigenvalue weighted by Gasteiger charge is 2.14. The van der Waals surface area contributed by atoms with Gasteiger partial charge in [-0.15, -0.1) is 11.3 Å². The average molecular weight is 220 g/mol. The second kappa shape index (κ2) is 3.51. The van der Waals surface area contributed by atoms with E-state index in [-0.39, 0.29) is 5.82 Å². The summed E-state index contributed by atoms with van der Waals surface area (Å²) in [6.45, 7) is 0. The fraction of sp³-hybridized carbons (Fsp3) is 0. The minimum absolute atomic E-state index is 0.165. The fourth-order valence-electron chi connectivity index (χ4n) is 1.05. The molecule has 2 aromatic heterocycles. The third-order valence-corrected chi connectivity index (χ3v) is 2.62. The summed E-state index contributed by atoms with van der Waals surface area (Å²) < 4.78 is 1.19. The van der Waals surface area contributed by atoms with E-state index in [0.29, 0.717) is 9.88 Å². The predicted octanol–water partition coefficient (Wildman–Crippen LogP) is 0.899. The number of carboxylic acids is 1. The van der Waals surface area contributed by atoms with Crippen LogP contribution in [0.3, 0.4) is 0 Å². The molecule has 2 aromatic rings. The Labute approximate surface area is 88.0 Å². The van der Waals surface area contributed by atoms with Gasteiger partial charge in [0, 0.05) is 0 Å². The molecule has 7 heteroatoms. The third kappa shape index (κ3) is 1.58. The third-order valence-electron chi connectivity index (χ3n) is 1.65. The number of nitrogens with zero attached hydrogens (tertiary/aromatic N) is 4. The zero-order valence-electron chi connectivity index (χ0n) is 7.28. The van der Waals surface area contributed by atoms with E-state index in [1.54, 1.807) is 12.1 Å². The first-order valence-corrected chi connectivity index (χ1v) is 4.67. The van der Waals surface area contributed by atoms with Gasteiger partial charge in [-0.25, -0.2) is 9.78 Å². The Hall–Kier alpha value is -2.20. The Balaban J connectivity index is 2.50. The van der Waals surface area contributed by atoms with Gasteiger partial charge in [0.05, 0.1) is 0 Å². The van der Waals surface area contributed by atoms with Crippen molar-refractivity contribution in [2.24, 2.45) is 0 Å². The first kappa shape index (κ1) is 9.36. The highest BCUT2D eigenvalue weighted by molar-refractivity contribution is 7.15. The maximum absolute atomic E-state index is 10.7. The number of carbonyl (C=O) groups is 1. The van der Waals surface area contributed by atoms with Gasteiger partial charge < -0.3 is 5.11 Å². The molecule has 0 saturated carbocycles. The second-order valence-corrected chi connectivity index (χ2v) is 3.61. The predicted molar refractivity (Wildman–Crippen MR) is 50.9 cm³/mol. The van der Waals surface area contributed by atoms with Crippen LogP contribution in [-0.4, -0.2) is 25.8 Å². The van der Waals surface area contributed by atoms with E-state index in [9.17, 15) is 4.79 Å². The molecule has 0 bridgehead atoms. The normalized spacial score (nSPS) is 9.80. The molecule has 0 unspecified atom stereocenters. The Kier molecular flexibility index (Phi) is 2.19. The van der Waals surface area contributed by atoms with Gasteiger partial charge in [0.2, 0.25) is 5.82 Å². The molecule has 0 radical (unpaired) electrons. The SMILES string of the molecule is N#Cc1ccc(-n2ncnc2C(=O)O)s1. The lowest BCUT2D eigenvalue weighted by molar-refractivity contribution is 0.0680. The van der Waals surface area contributed by atoms with Gasteiger partial charge in [-0.05, 0) is 12.1 Å². The first-order valence-electron chi connectivity index (χ1n) is 3.86. The number of hydrogen-bond donors (Lipinski definition) is 1. The lowest BCUT2D eigenvalue weighted by Gasteiger charge is -1.96. The summed E-state index contributed by atoms with van der Waals surface area (Å²) in [4.78, 5) is 14.8. The molecule has 0 saturated heterocycles. The van der Waals surface area contributed by atoms with E-state index >= 15 is 0 Å². The Morgan fingerprint density at radius 3 is 3.00 bits per heavy atom. The smallest absolute Gasteiger partial charge is 0.374 e. The number of hydrogen-bond acceptors (Lipinski definition) is 5. The molecule has 0 fully saturated rings. The van der Waals surface area contributed by atoms with Gasteiger partial charge in [-0.2, -0.15) is 15.0 Å². The maximum atomic E-state index is 10.7. The number of rotatable bonds is 2. The molecule has 0 aliphatic rings. The van der Waals surface area contributed by atoms with Gasteiger partial charge in [0.1, 0.15) is 22.3 Å². The summed E-state index contributed by atoms with van der Waals surface area (Å²) in [6.07, 6.45) is 1.16. The largest absolute Gasteiger partial charge is 0.475 e. The van der Waals surface area contributed by atoms with Crippen molar-refractivity contribution in [2.45, 2.75) is 0 Å². The molecule has 0 amide bonds. The van der Waals surface area contributed by atoms with Gasteiger partial charge in [-0.1, -0.05) is 0 Å². The fourth-order valence-corrected chi connectivity index (χ4v) is 1.81. The number of nitriles is 1. The summed E-state index contributed by atoms with van der Waals surface area (Å²) in [7, 11) is 0. The molecular formula is C8H4N4O2S. The lowest BCUT2D eigenvalue weighted by Crippen LogP contribution is -2.07. The van der Waals surface area contributed by atoms with Crippen LogP contribution in [0, 0.1) is 11.3 Å². The summed E-state index contributed by atoms with van der Waals surface area (Å²) >= 11 is 1.16. The summed E-state index contributed by atoms with van der Waals surface area (Å²) in [6, 6.07) is 5.20. The topological polar surface area (TPSA) is 91.8 Å². The van der Waals surface area contributed by atoms with Crippen LogP contribution < -0.4 is 0 Å². The number of carboxylic acid groups (broad SMARTS) is 1. The minimum atomic E-state index is -1.15. The van der Waals surface area contributed by atoms with Crippen molar-refractivity contribution >= 4 is 17.3 Å². The van der Waals surface area contributed by atoms with Crippen LogP contribution in [0.25, 0.3) is 5.00 Å². The highest BCUT2D eigenvalue weighted by Crippen LogP contribution is 2.19. The minimum Gasteiger partial charge on any atom is -0.475 e. The maximum Gasteiger partial charge on any atom is 0.374 e. The molecule has 0 atom stereocenters. The molecule has 0 aromatic carbocycles. The van der Waals surface area contributed by atoms with Crippen molar-refractivity contribution < 1.29 is 9.90 Å². The van der Waals surface area contributed by atoms with Crippen molar-refractivity contribution in [3.05, 3.63) is 29.2 Å². The van der Waals surface area contributed by atoms with E-state index in [0.717, 1.165) is 17.7 Å². The van der Waals surface area contributed by atoms with Crippen molar-refractivity contribution in [1.82, 2.24) is 14.8 Å². The first-order chi connectivity index (χ1) is 7.22. The molecule has 2 heterocycles. The molecule has 0 aliphatic heterocycles. The number of thiophene rings is 1. The summed E-state index contributed by atoms with van der Waals surface area (Å²) in [5.41, 5.74) is 0. The van der Waals surface area contributed by atoms with E-state index in [1.165, 1.54) is 4.68 Å². The lowest BCUT2D eigenvalue weighted by atomic mass is 10.5. The van der Waals surface area contributed by atoms with Crippen molar-refractivity contribution in [3.63, 3.8) is 0 Å². The van der Waals surface area contributed by atoms with Crippen LogP contribution in [0.2, 0.25) is 0 Å². The molecule has 1 N–H and O–H groups in total. The van der Waals surface area contributed by atoms with E-state index in [4.69, 9.17) is 10.4 Å². The van der Waals surface area contributed by atoms with Crippen LogP contribution in [0.4, 0.5) is 0 Å². The molecule has 15 heavy (non-hydrogen) atoms. The van der Waals surface area contributed by atoms with Crippen LogP contribution in [0.5, 0.6) is 0 Å². The molecule has 2 rings (SSSR count).